The first-order valence-corrected chi connectivity index (χ1v) is 6.88. The van der Waals surface area contributed by atoms with Crippen LogP contribution in [-0.2, 0) is 6.18 Å². The van der Waals surface area contributed by atoms with E-state index >= 15 is 0 Å². The molecule has 21 heavy (non-hydrogen) atoms. The molecule has 1 aliphatic rings. The largest absolute Gasteiger partial charge is 0.474 e. The van der Waals surface area contributed by atoms with Crippen LogP contribution in [-0.4, -0.2) is 24.2 Å². The molecule has 1 saturated heterocycles. The second-order valence-corrected chi connectivity index (χ2v) is 5.12. The van der Waals surface area contributed by atoms with Gasteiger partial charge in [0.15, 0.2) is 0 Å². The number of nitrogens with zero attached hydrogens (tertiary/aromatic N) is 1. The molecule has 1 aromatic carbocycles. The van der Waals surface area contributed by atoms with Crippen molar-refractivity contribution in [1.82, 2.24) is 10.3 Å². The van der Waals surface area contributed by atoms with Gasteiger partial charge in [0.25, 0.3) is 0 Å². The van der Waals surface area contributed by atoms with E-state index in [0.29, 0.717) is 16.8 Å². The molecule has 1 N–H and O–H groups in total. The summed E-state index contributed by atoms with van der Waals surface area (Å²) in [6.07, 6.45) is -2.40. The van der Waals surface area contributed by atoms with E-state index in [-0.39, 0.29) is 6.10 Å². The molecule has 0 atom stereocenters. The first kappa shape index (κ1) is 14.1. The molecule has 1 aromatic heterocycles. The van der Waals surface area contributed by atoms with Crippen LogP contribution in [0.15, 0.2) is 30.3 Å². The molecule has 0 radical (unpaired) electrons. The Morgan fingerprint density at radius 2 is 1.86 bits per heavy atom. The van der Waals surface area contributed by atoms with Crippen LogP contribution in [0, 0.1) is 0 Å². The predicted molar refractivity (Wildman–Crippen MR) is 73.3 cm³/mol. The average Bonchev–Trinajstić information content (AvgIpc) is 2.47. The molecule has 0 aliphatic carbocycles. The van der Waals surface area contributed by atoms with Crippen LogP contribution in [0.4, 0.5) is 13.2 Å². The Kier molecular flexibility index (Phi) is 3.71. The number of alkyl halides is 3. The summed E-state index contributed by atoms with van der Waals surface area (Å²) < 4.78 is 43.7. The van der Waals surface area contributed by atoms with E-state index in [0.717, 1.165) is 38.1 Å². The minimum atomic E-state index is -4.33. The van der Waals surface area contributed by atoms with Gasteiger partial charge in [0, 0.05) is 11.5 Å². The van der Waals surface area contributed by atoms with Crippen LogP contribution >= 0.6 is 0 Å². The predicted octanol–water partition coefficient (Wildman–Crippen LogP) is 3.38. The fourth-order valence-corrected chi connectivity index (χ4v) is 2.43. The minimum Gasteiger partial charge on any atom is -0.474 e. The van der Waals surface area contributed by atoms with Crippen LogP contribution < -0.4 is 10.1 Å². The Morgan fingerprint density at radius 1 is 1.10 bits per heavy atom. The average molecular weight is 296 g/mol. The molecule has 6 heteroatoms. The molecule has 0 bridgehead atoms. The molecule has 0 spiro atoms. The first-order valence-electron chi connectivity index (χ1n) is 6.88. The quantitative estimate of drug-likeness (QED) is 0.922. The zero-order valence-electron chi connectivity index (χ0n) is 11.3. The second-order valence-electron chi connectivity index (χ2n) is 5.12. The topological polar surface area (TPSA) is 34.1 Å². The number of piperidine rings is 1. The molecule has 0 amide bonds. The van der Waals surface area contributed by atoms with Crippen molar-refractivity contribution in [2.45, 2.75) is 25.1 Å². The summed E-state index contributed by atoms with van der Waals surface area (Å²) in [5.74, 6) is 0.467. The van der Waals surface area contributed by atoms with Crippen molar-refractivity contribution in [1.29, 1.82) is 0 Å². The lowest BCUT2D eigenvalue weighted by Gasteiger charge is -2.23. The summed E-state index contributed by atoms with van der Waals surface area (Å²) in [4.78, 5) is 4.28. The van der Waals surface area contributed by atoms with Crippen LogP contribution in [0.2, 0.25) is 0 Å². The maximum absolute atomic E-state index is 12.7. The van der Waals surface area contributed by atoms with Gasteiger partial charge in [-0.1, -0.05) is 0 Å². The fraction of sp³-hybridized carbons (Fsp3) is 0.400. The van der Waals surface area contributed by atoms with Gasteiger partial charge in [0.2, 0.25) is 5.88 Å². The highest BCUT2D eigenvalue weighted by atomic mass is 19.4. The number of ether oxygens (including phenoxy) is 1. The highest BCUT2D eigenvalue weighted by Gasteiger charge is 2.30. The Balaban J connectivity index is 1.83. The molecule has 1 aliphatic heterocycles. The number of hydrogen-bond donors (Lipinski definition) is 1. The lowest BCUT2D eigenvalue weighted by atomic mass is 10.1. The summed E-state index contributed by atoms with van der Waals surface area (Å²) in [6.45, 7) is 1.82. The molecule has 2 heterocycles. The third-order valence-corrected chi connectivity index (χ3v) is 3.56. The Hall–Kier alpha value is -1.82. The molecule has 2 aromatic rings. The van der Waals surface area contributed by atoms with Crippen LogP contribution in [0.3, 0.4) is 0 Å². The van der Waals surface area contributed by atoms with Crippen molar-refractivity contribution in [3.63, 3.8) is 0 Å². The molecular weight excluding hydrogens is 281 g/mol. The molecule has 3 nitrogen and oxygen atoms in total. The highest BCUT2D eigenvalue weighted by molar-refractivity contribution is 5.80. The van der Waals surface area contributed by atoms with E-state index in [1.54, 1.807) is 12.1 Å². The van der Waals surface area contributed by atoms with Crippen LogP contribution in [0.5, 0.6) is 5.88 Å². The van der Waals surface area contributed by atoms with E-state index < -0.39 is 11.7 Å². The molecular formula is C15H15F3N2O. The number of halogens is 3. The van der Waals surface area contributed by atoms with Gasteiger partial charge in [-0.15, -0.1) is 0 Å². The highest BCUT2D eigenvalue weighted by Crippen LogP contribution is 2.31. The van der Waals surface area contributed by atoms with Crippen molar-refractivity contribution >= 4 is 10.9 Å². The van der Waals surface area contributed by atoms with Crippen molar-refractivity contribution in [3.8, 4) is 5.88 Å². The van der Waals surface area contributed by atoms with Crippen LogP contribution in [0.25, 0.3) is 10.9 Å². The summed E-state index contributed by atoms with van der Waals surface area (Å²) in [7, 11) is 0. The van der Waals surface area contributed by atoms with Gasteiger partial charge < -0.3 is 10.1 Å². The third kappa shape index (κ3) is 3.26. The van der Waals surface area contributed by atoms with Gasteiger partial charge >= 0.3 is 6.18 Å². The fourth-order valence-electron chi connectivity index (χ4n) is 2.43. The summed E-state index contributed by atoms with van der Waals surface area (Å²) in [5.41, 5.74) is -0.154. The molecule has 0 unspecified atom stereocenters. The monoisotopic (exact) mass is 296 g/mol. The lowest BCUT2D eigenvalue weighted by molar-refractivity contribution is -0.137. The summed E-state index contributed by atoms with van der Waals surface area (Å²) in [5, 5.41) is 3.70. The molecule has 112 valence electrons. The van der Waals surface area contributed by atoms with Gasteiger partial charge in [-0.3, -0.25) is 0 Å². The number of pyridine rings is 1. The maximum Gasteiger partial charge on any atom is 0.416 e. The molecule has 3 rings (SSSR count). The van der Waals surface area contributed by atoms with E-state index in [1.807, 2.05) is 0 Å². The maximum atomic E-state index is 12.7. The van der Waals surface area contributed by atoms with Gasteiger partial charge in [0.05, 0.1) is 11.1 Å². The number of hydrogen-bond acceptors (Lipinski definition) is 3. The van der Waals surface area contributed by atoms with Crippen molar-refractivity contribution in [2.75, 3.05) is 13.1 Å². The zero-order valence-corrected chi connectivity index (χ0v) is 11.3. The van der Waals surface area contributed by atoms with E-state index in [1.165, 1.54) is 6.07 Å². The van der Waals surface area contributed by atoms with Gasteiger partial charge in [0.1, 0.15) is 6.10 Å². The molecule has 1 fully saturated rings. The third-order valence-electron chi connectivity index (χ3n) is 3.56. The Morgan fingerprint density at radius 3 is 2.57 bits per heavy atom. The summed E-state index contributed by atoms with van der Waals surface area (Å²) >= 11 is 0. The van der Waals surface area contributed by atoms with Gasteiger partial charge in [-0.05, 0) is 50.2 Å². The van der Waals surface area contributed by atoms with E-state index in [4.69, 9.17) is 4.74 Å². The summed E-state index contributed by atoms with van der Waals surface area (Å²) in [6, 6.07) is 6.78. The van der Waals surface area contributed by atoms with Crippen LogP contribution in [0.1, 0.15) is 18.4 Å². The van der Waals surface area contributed by atoms with Gasteiger partial charge in [-0.2, -0.15) is 13.2 Å². The number of rotatable bonds is 2. The number of aromatic nitrogens is 1. The Bertz CT molecular complexity index is 636. The van der Waals surface area contributed by atoms with Crippen molar-refractivity contribution in [2.24, 2.45) is 0 Å². The second kappa shape index (κ2) is 5.52. The normalized spacial score (nSPS) is 17.1. The van der Waals surface area contributed by atoms with Crippen molar-refractivity contribution < 1.29 is 17.9 Å². The number of fused-ring (bicyclic) bond motifs is 1. The minimum absolute atomic E-state index is 0.116. The Labute approximate surface area is 120 Å². The van der Waals surface area contributed by atoms with Crippen molar-refractivity contribution in [3.05, 3.63) is 35.9 Å². The van der Waals surface area contributed by atoms with E-state index in [2.05, 4.69) is 10.3 Å². The first-order chi connectivity index (χ1) is 10.0. The standard InChI is InChI=1S/C15H15F3N2O/c16-15(17,18)11-2-3-13-10(9-11)1-4-14(20-13)21-12-5-7-19-8-6-12/h1-4,9,12,19H,5-8H2. The SMILES string of the molecule is FC(F)(F)c1ccc2nc(OC3CCNCC3)ccc2c1. The van der Waals surface area contributed by atoms with E-state index in [9.17, 15) is 13.2 Å². The molecule has 0 saturated carbocycles. The van der Waals surface area contributed by atoms with Gasteiger partial charge in [-0.25, -0.2) is 4.98 Å². The zero-order chi connectivity index (χ0) is 14.9. The number of nitrogens with one attached hydrogen (secondary N) is 1. The smallest absolute Gasteiger partial charge is 0.416 e. The number of benzene rings is 1. The lowest BCUT2D eigenvalue weighted by Crippen LogP contribution is -2.34.